The number of halogens is 1. The minimum absolute atomic E-state index is 0.813. The van der Waals surface area contributed by atoms with Gasteiger partial charge in [0.2, 0.25) is 0 Å². The molecule has 1 aromatic heterocycles. The van der Waals surface area contributed by atoms with Crippen LogP contribution < -0.4 is 0 Å². The predicted octanol–water partition coefficient (Wildman–Crippen LogP) is 5.97. The summed E-state index contributed by atoms with van der Waals surface area (Å²) in [7, 11) is 0. The van der Waals surface area contributed by atoms with E-state index in [9.17, 15) is 0 Å². The normalized spacial score (nSPS) is 11.2. The quantitative estimate of drug-likeness (QED) is 0.321. The van der Waals surface area contributed by atoms with Crippen molar-refractivity contribution in [1.82, 2.24) is 4.98 Å². The minimum atomic E-state index is 0.813. The molecule has 0 aliphatic carbocycles. The van der Waals surface area contributed by atoms with Gasteiger partial charge in [-0.05, 0) is 25.0 Å². The second-order valence-corrected chi connectivity index (χ2v) is 7.36. The van der Waals surface area contributed by atoms with E-state index in [1.165, 1.54) is 53.3 Å². The molecule has 0 saturated heterocycles. The zero-order chi connectivity index (χ0) is 13.3. The molecule has 0 spiro atoms. The highest BCUT2D eigenvalue weighted by Crippen LogP contribution is 2.29. The number of rotatable bonds is 9. The van der Waals surface area contributed by atoms with Crippen molar-refractivity contribution in [2.75, 3.05) is 11.6 Å². The molecule has 0 saturated carbocycles. The van der Waals surface area contributed by atoms with Crippen molar-refractivity contribution < 1.29 is 0 Å². The number of hydrogen-bond donors (Lipinski definition) is 0. The number of thioether (sulfide) groups is 1. The summed E-state index contributed by atoms with van der Waals surface area (Å²) in [6.07, 6.45) is 7.76. The summed E-state index contributed by atoms with van der Waals surface area (Å²) in [5, 5.41) is 0. The average molecular weight is 314 g/mol. The molecule has 0 aliphatic rings. The summed E-state index contributed by atoms with van der Waals surface area (Å²) >= 11 is 9.37. The van der Waals surface area contributed by atoms with Gasteiger partial charge in [-0.15, -0.1) is 22.9 Å². The van der Waals surface area contributed by atoms with Crippen molar-refractivity contribution in [2.24, 2.45) is 0 Å². The van der Waals surface area contributed by atoms with Crippen molar-refractivity contribution in [3.05, 3.63) is 24.3 Å². The van der Waals surface area contributed by atoms with Crippen LogP contribution in [0.15, 0.2) is 28.6 Å². The van der Waals surface area contributed by atoms with Crippen LogP contribution in [-0.2, 0) is 0 Å². The van der Waals surface area contributed by atoms with Gasteiger partial charge in [0.1, 0.15) is 0 Å². The summed E-state index contributed by atoms with van der Waals surface area (Å²) in [5.41, 5.74) is 1.14. The first-order valence-electron chi connectivity index (χ1n) is 6.94. The summed E-state index contributed by atoms with van der Waals surface area (Å²) in [4.78, 5) is 4.64. The fourth-order valence-corrected chi connectivity index (χ4v) is 4.30. The highest BCUT2D eigenvalue weighted by Gasteiger charge is 2.02. The Hall–Kier alpha value is -0.250. The van der Waals surface area contributed by atoms with Crippen LogP contribution in [0.1, 0.15) is 38.5 Å². The van der Waals surface area contributed by atoms with Crippen molar-refractivity contribution in [1.29, 1.82) is 0 Å². The zero-order valence-corrected chi connectivity index (χ0v) is 13.5. The second-order valence-electron chi connectivity index (χ2n) is 4.61. The van der Waals surface area contributed by atoms with Gasteiger partial charge in [-0.25, -0.2) is 4.98 Å². The lowest BCUT2D eigenvalue weighted by atomic mass is 10.1. The Balaban J connectivity index is 1.60. The van der Waals surface area contributed by atoms with Crippen LogP contribution in [0.4, 0.5) is 0 Å². The van der Waals surface area contributed by atoms with Crippen LogP contribution in [0, 0.1) is 0 Å². The van der Waals surface area contributed by atoms with Crippen LogP contribution in [0.5, 0.6) is 0 Å². The van der Waals surface area contributed by atoms with Gasteiger partial charge in [-0.1, -0.05) is 49.6 Å². The molecule has 19 heavy (non-hydrogen) atoms. The number of hydrogen-bond acceptors (Lipinski definition) is 3. The van der Waals surface area contributed by atoms with Gasteiger partial charge in [0.05, 0.1) is 10.2 Å². The number of unbranched alkanes of at least 4 members (excludes halogenated alkanes) is 5. The molecule has 1 aromatic carbocycles. The molecule has 0 radical (unpaired) electrons. The summed E-state index contributed by atoms with van der Waals surface area (Å²) in [6, 6.07) is 8.37. The van der Waals surface area contributed by atoms with E-state index >= 15 is 0 Å². The molecule has 0 N–H and O–H groups in total. The third-order valence-corrected chi connectivity index (χ3v) is 5.56. The largest absolute Gasteiger partial charge is 0.230 e. The number of fused-ring (bicyclic) bond motifs is 1. The minimum Gasteiger partial charge on any atom is -0.230 e. The summed E-state index contributed by atoms with van der Waals surface area (Å²) in [5.74, 6) is 2.00. The predicted molar refractivity (Wildman–Crippen MR) is 88.8 cm³/mol. The molecule has 0 atom stereocenters. The Bertz CT molecular complexity index is 451. The van der Waals surface area contributed by atoms with Crippen LogP contribution in [-0.4, -0.2) is 16.6 Å². The molecular formula is C15H20ClNS2. The van der Waals surface area contributed by atoms with Crippen LogP contribution in [0.25, 0.3) is 10.2 Å². The fraction of sp³-hybridized carbons (Fsp3) is 0.533. The van der Waals surface area contributed by atoms with Crippen molar-refractivity contribution in [3.63, 3.8) is 0 Å². The lowest BCUT2D eigenvalue weighted by Gasteiger charge is -1.99. The molecule has 2 aromatic rings. The maximum Gasteiger partial charge on any atom is 0.151 e. The molecule has 0 unspecified atom stereocenters. The van der Waals surface area contributed by atoms with Crippen molar-refractivity contribution in [3.8, 4) is 0 Å². The number of alkyl halides is 1. The van der Waals surface area contributed by atoms with Crippen LogP contribution >= 0.6 is 34.7 Å². The van der Waals surface area contributed by atoms with E-state index in [0.29, 0.717) is 0 Å². The van der Waals surface area contributed by atoms with Gasteiger partial charge in [0.15, 0.2) is 4.34 Å². The molecule has 0 amide bonds. The second kappa shape index (κ2) is 8.83. The van der Waals surface area contributed by atoms with E-state index in [0.717, 1.165) is 11.4 Å². The highest BCUT2D eigenvalue weighted by atomic mass is 35.5. The van der Waals surface area contributed by atoms with E-state index in [1.54, 1.807) is 0 Å². The Kier molecular flexibility index (Phi) is 7.04. The van der Waals surface area contributed by atoms with Gasteiger partial charge >= 0.3 is 0 Å². The van der Waals surface area contributed by atoms with Gasteiger partial charge in [-0.3, -0.25) is 0 Å². The maximum atomic E-state index is 5.66. The SMILES string of the molecule is ClCCCCCCCCSc1nc2ccccc2s1. The molecule has 0 aliphatic heterocycles. The molecule has 1 nitrogen and oxygen atoms in total. The van der Waals surface area contributed by atoms with E-state index in [-0.39, 0.29) is 0 Å². The fourth-order valence-electron chi connectivity index (χ4n) is 1.98. The lowest BCUT2D eigenvalue weighted by Crippen LogP contribution is -1.83. The zero-order valence-electron chi connectivity index (χ0n) is 11.1. The standard InChI is InChI=1S/C15H20ClNS2/c16-11-7-3-1-2-4-8-12-18-15-17-13-9-5-6-10-14(13)19-15/h5-6,9-10H,1-4,7-8,11-12H2. The van der Waals surface area contributed by atoms with E-state index in [4.69, 9.17) is 11.6 Å². The van der Waals surface area contributed by atoms with Crippen molar-refractivity contribution in [2.45, 2.75) is 42.9 Å². The topological polar surface area (TPSA) is 12.9 Å². The number of thiazole rings is 1. The molecule has 1 heterocycles. The molecule has 104 valence electrons. The van der Waals surface area contributed by atoms with Gasteiger partial charge < -0.3 is 0 Å². The van der Waals surface area contributed by atoms with Gasteiger partial charge in [-0.2, -0.15) is 0 Å². The number of benzene rings is 1. The third kappa shape index (κ3) is 5.33. The molecule has 2 rings (SSSR count). The smallest absolute Gasteiger partial charge is 0.151 e. The van der Waals surface area contributed by atoms with Crippen LogP contribution in [0.2, 0.25) is 0 Å². The number of para-hydroxylation sites is 1. The number of aromatic nitrogens is 1. The lowest BCUT2D eigenvalue weighted by molar-refractivity contribution is 0.628. The Labute approximate surface area is 128 Å². The average Bonchev–Trinajstić information content (AvgIpc) is 2.84. The van der Waals surface area contributed by atoms with E-state index in [2.05, 4.69) is 29.2 Å². The first-order valence-corrected chi connectivity index (χ1v) is 9.28. The first kappa shape index (κ1) is 15.1. The summed E-state index contributed by atoms with van der Waals surface area (Å²) < 4.78 is 2.51. The molecule has 4 heteroatoms. The first-order chi connectivity index (χ1) is 9.40. The molecule has 0 bridgehead atoms. The monoisotopic (exact) mass is 313 g/mol. The maximum absolute atomic E-state index is 5.66. The number of nitrogens with zero attached hydrogens (tertiary/aromatic N) is 1. The van der Waals surface area contributed by atoms with Gasteiger partial charge in [0.25, 0.3) is 0 Å². The third-order valence-electron chi connectivity index (χ3n) is 3.03. The van der Waals surface area contributed by atoms with Gasteiger partial charge in [0, 0.05) is 11.6 Å². The van der Waals surface area contributed by atoms with Crippen LogP contribution in [0.3, 0.4) is 0 Å². The molecule has 0 fully saturated rings. The summed E-state index contributed by atoms with van der Waals surface area (Å²) in [6.45, 7) is 0. The molecular weight excluding hydrogens is 294 g/mol. The highest BCUT2D eigenvalue weighted by molar-refractivity contribution is 8.01. The Morgan fingerprint density at radius 3 is 2.53 bits per heavy atom. The Morgan fingerprint density at radius 1 is 1.00 bits per heavy atom. The van der Waals surface area contributed by atoms with E-state index in [1.807, 2.05) is 23.1 Å². The van der Waals surface area contributed by atoms with E-state index < -0.39 is 0 Å². The Morgan fingerprint density at radius 2 is 1.74 bits per heavy atom. The van der Waals surface area contributed by atoms with Crippen molar-refractivity contribution >= 4 is 44.9 Å².